The highest BCUT2D eigenvalue weighted by molar-refractivity contribution is 7.89. The second kappa shape index (κ2) is 10.9. The molecule has 1 aromatic heterocycles. The molecule has 9 heteroatoms. The maximum absolute atomic E-state index is 12.6. The number of unbranched alkanes of at least 4 members (excludes halogenated alkanes) is 1. The van der Waals surface area contributed by atoms with E-state index >= 15 is 0 Å². The summed E-state index contributed by atoms with van der Waals surface area (Å²) >= 11 is 0. The summed E-state index contributed by atoms with van der Waals surface area (Å²) in [6.45, 7) is 7.86. The average molecular weight is 449 g/mol. The quantitative estimate of drug-likeness (QED) is 0.539. The predicted molar refractivity (Wildman–Crippen MR) is 119 cm³/mol. The van der Waals surface area contributed by atoms with Crippen LogP contribution in [0.5, 0.6) is 0 Å². The van der Waals surface area contributed by atoms with Crippen LogP contribution in [-0.2, 0) is 16.6 Å². The Morgan fingerprint density at radius 2 is 1.90 bits per heavy atom. The molecule has 2 aromatic rings. The Labute approximate surface area is 184 Å². The summed E-state index contributed by atoms with van der Waals surface area (Å²) in [6, 6.07) is 7.99. The summed E-state index contributed by atoms with van der Waals surface area (Å²) in [5, 5.41) is 2.92. The summed E-state index contributed by atoms with van der Waals surface area (Å²) in [5.41, 5.74) is 1.11. The van der Waals surface area contributed by atoms with Gasteiger partial charge in [0.15, 0.2) is 0 Å². The highest BCUT2D eigenvalue weighted by Crippen LogP contribution is 2.16. The number of sulfonamides is 1. The van der Waals surface area contributed by atoms with Crippen molar-refractivity contribution in [3.05, 3.63) is 53.5 Å². The van der Waals surface area contributed by atoms with Gasteiger partial charge in [-0.3, -0.25) is 4.79 Å². The molecule has 170 valence electrons. The summed E-state index contributed by atoms with van der Waals surface area (Å²) < 4.78 is 32.8. The van der Waals surface area contributed by atoms with Crippen LogP contribution in [0.2, 0.25) is 0 Å². The van der Waals surface area contributed by atoms with Gasteiger partial charge in [0.25, 0.3) is 5.91 Å². The van der Waals surface area contributed by atoms with Gasteiger partial charge in [0.1, 0.15) is 5.76 Å². The number of benzene rings is 1. The van der Waals surface area contributed by atoms with Crippen molar-refractivity contribution in [1.82, 2.24) is 19.8 Å². The molecular weight excluding hydrogens is 416 g/mol. The number of aryl methyl sites for hydroxylation is 1. The number of likely N-dealkylation sites (N-methyl/N-ethyl adjacent to an activating group) is 1. The van der Waals surface area contributed by atoms with Gasteiger partial charge in [0, 0.05) is 38.3 Å². The number of piperazine rings is 1. The van der Waals surface area contributed by atoms with E-state index in [0.29, 0.717) is 17.9 Å². The van der Waals surface area contributed by atoms with E-state index in [1.54, 1.807) is 25.1 Å². The van der Waals surface area contributed by atoms with E-state index in [0.717, 1.165) is 51.1 Å². The number of nitrogens with one attached hydrogen (secondary N) is 2. The molecule has 1 aliphatic heterocycles. The fourth-order valence-electron chi connectivity index (χ4n) is 3.50. The van der Waals surface area contributed by atoms with Crippen LogP contribution in [0.25, 0.3) is 0 Å². The molecule has 2 heterocycles. The van der Waals surface area contributed by atoms with Gasteiger partial charge in [-0.2, -0.15) is 0 Å². The van der Waals surface area contributed by atoms with Crippen LogP contribution in [0, 0.1) is 6.92 Å². The predicted octanol–water partition coefficient (Wildman–Crippen LogP) is 1.82. The van der Waals surface area contributed by atoms with Crippen LogP contribution in [0.3, 0.4) is 0 Å². The third kappa shape index (κ3) is 6.90. The molecule has 0 atom stereocenters. The Balaban J connectivity index is 1.49. The first-order valence-corrected chi connectivity index (χ1v) is 12.2. The smallest absolute Gasteiger partial charge is 0.251 e. The van der Waals surface area contributed by atoms with E-state index in [1.165, 1.54) is 18.4 Å². The Hall–Kier alpha value is -2.20. The second-order valence-corrected chi connectivity index (χ2v) is 9.76. The molecular formula is C22H32N4O4S. The summed E-state index contributed by atoms with van der Waals surface area (Å²) in [5.74, 6) is 0.269. The van der Waals surface area contributed by atoms with Gasteiger partial charge in [-0.1, -0.05) is 6.07 Å². The number of carbonyl (C=O) groups excluding carboxylic acids is 1. The van der Waals surface area contributed by atoms with Gasteiger partial charge in [0.05, 0.1) is 17.7 Å². The van der Waals surface area contributed by atoms with Crippen molar-refractivity contribution in [3.63, 3.8) is 0 Å². The van der Waals surface area contributed by atoms with Gasteiger partial charge >= 0.3 is 0 Å². The number of carbonyl (C=O) groups is 1. The fraction of sp³-hybridized carbons (Fsp3) is 0.500. The zero-order valence-corrected chi connectivity index (χ0v) is 19.1. The first-order chi connectivity index (χ1) is 14.8. The molecule has 1 aliphatic rings. The molecule has 1 aromatic carbocycles. The lowest BCUT2D eigenvalue weighted by atomic mass is 10.1. The van der Waals surface area contributed by atoms with E-state index in [-0.39, 0.29) is 17.3 Å². The minimum absolute atomic E-state index is 0.0536. The van der Waals surface area contributed by atoms with E-state index in [4.69, 9.17) is 4.42 Å². The maximum Gasteiger partial charge on any atom is 0.251 e. The summed E-state index contributed by atoms with van der Waals surface area (Å²) in [6.07, 6.45) is 3.40. The molecule has 1 amide bonds. The van der Waals surface area contributed by atoms with E-state index in [9.17, 15) is 13.2 Å². The molecule has 2 N–H and O–H groups in total. The highest BCUT2D eigenvalue weighted by atomic mass is 32.2. The molecule has 8 nitrogen and oxygen atoms in total. The van der Waals surface area contributed by atoms with Gasteiger partial charge in [0.2, 0.25) is 10.0 Å². The zero-order chi connectivity index (χ0) is 22.3. The zero-order valence-electron chi connectivity index (χ0n) is 18.3. The molecule has 0 bridgehead atoms. The third-order valence-electron chi connectivity index (χ3n) is 5.56. The van der Waals surface area contributed by atoms with Crippen molar-refractivity contribution >= 4 is 15.9 Å². The van der Waals surface area contributed by atoms with Crippen LogP contribution in [0.15, 0.2) is 45.9 Å². The topological polar surface area (TPSA) is 94.9 Å². The number of furan rings is 1. The standard InChI is InChI=1S/C22H32N4O4S/c1-18-7-8-20(31(28,29)24-17-19-6-5-15-30-19)16-21(18)22(27)23-9-3-4-10-26-13-11-25(2)12-14-26/h5-8,15-16,24H,3-4,9-14,17H2,1-2H3,(H,23,27). The molecule has 0 spiro atoms. The molecule has 0 unspecified atom stereocenters. The van der Waals surface area contributed by atoms with Gasteiger partial charge in [-0.25, -0.2) is 13.1 Å². The van der Waals surface area contributed by atoms with Crippen molar-refractivity contribution in [3.8, 4) is 0 Å². The minimum atomic E-state index is -3.75. The Kier molecular flexibility index (Phi) is 8.25. The normalized spacial score (nSPS) is 15.8. The van der Waals surface area contributed by atoms with Crippen molar-refractivity contribution < 1.29 is 17.6 Å². The monoisotopic (exact) mass is 448 g/mol. The third-order valence-corrected chi connectivity index (χ3v) is 6.96. The summed E-state index contributed by atoms with van der Waals surface area (Å²) in [7, 11) is -1.61. The second-order valence-electron chi connectivity index (χ2n) is 7.99. The Morgan fingerprint density at radius 3 is 2.61 bits per heavy atom. The van der Waals surface area contributed by atoms with Crippen LogP contribution in [0.1, 0.15) is 34.5 Å². The van der Waals surface area contributed by atoms with Crippen molar-refractivity contribution in [1.29, 1.82) is 0 Å². The van der Waals surface area contributed by atoms with Crippen LogP contribution in [0.4, 0.5) is 0 Å². The lowest BCUT2D eigenvalue weighted by Crippen LogP contribution is -2.44. The van der Waals surface area contributed by atoms with Crippen molar-refractivity contribution in [2.24, 2.45) is 0 Å². The maximum atomic E-state index is 12.6. The van der Waals surface area contributed by atoms with Gasteiger partial charge in [-0.15, -0.1) is 0 Å². The van der Waals surface area contributed by atoms with Crippen molar-refractivity contribution in [2.75, 3.05) is 46.3 Å². The van der Waals surface area contributed by atoms with E-state index < -0.39 is 10.0 Å². The highest BCUT2D eigenvalue weighted by Gasteiger charge is 2.18. The first kappa shape index (κ1) is 23.5. The first-order valence-electron chi connectivity index (χ1n) is 10.7. The van der Waals surface area contributed by atoms with Crippen LogP contribution >= 0.6 is 0 Å². The van der Waals surface area contributed by atoms with Crippen molar-refractivity contribution in [2.45, 2.75) is 31.2 Å². The lowest BCUT2D eigenvalue weighted by Gasteiger charge is -2.32. The lowest BCUT2D eigenvalue weighted by molar-refractivity contribution is 0.0951. The molecule has 1 saturated heterocycles. The number of hydrogen-bond donors (Lipinski definition) is 2. The molecule has 3 rings (SSSR count). The van der Waals surface area contributed by atoms with Crippen LogP contribution < -0.4 is 10.0 Å². The molecule has 0 radical (unpaired) electrons. The number of rotatable bonds is 10. The van der Waals surface area contributed by atoms with Gasteiger partial charge < -0.3 is 19.5 Å². The largest absolute Gasteiger partial charge is 0.468 e. The number of nitrogens with zero attached hydrogens (tertiary/aromatic N) is 2. The SMILES string of the molecule is Cc1ccc(S(=O)(=O)NCc2ccco2)cc1C(=O)NCCCCN1CCN(C)CC1. The van der Waals surface area contributed by atoms with E-state index in [1.807, 2.05) is 0 Å². The molecule has 1 fully saturated rings. The molecule has 0 aliphatic carbocycles. The van der Waals surface area contributed by atoms with Crippen LogP contribution in [-0.4, -0.2) is 70.4 Å². The fourth-order valence-corrected chi connectivity index (χ4v) is 4.52. The molecule has 0 saturated carbocycles. The summed E-state index contributed by atoms with van der Waals surface area (Å²) in [4.78, 5) is 17.5. The van der Waals surface area contributed by atoms with Gasteiger partial charge in [-0.05, 0) is 63.2 Å². The Morgan fingerprint density at radius 1 is 1.13 bits per heavy atom. The number of amides is 1. The average Bonchev–Trinajstić information content (AvgIpc) is 3.27. The molecule has 31 heavy (non-hydrogen) atoms. The minimum Gasteiger partial charge on any atom is -0.468 e. The van der Waals surface area contributed by atoms with E-state index in [2.05, 4.69) is 26.9 Å². The number of hydrogen-bond acceptors (Lipinski definition) is 6. The Bertz CT molecular complexity index is 952.